The Balaban J connectivity index is 1.74. The Hall–Kier alpha value is -2.21. The summed E-state index contributed by atoms with van der Waals surface area (Å²) >= 11 is 0. The van der Waals surface area contributed by atoms with Gasteiger partial charge in [0, 0.05) is 48.7 Å². The fraction of sp³-hybridized carbons (Fsp3) is 0.409. The summed E-state index contributed by atoms with van der Waals surface area (Å²) in [5.74, 6) is 0.578. The zero-order valence-electron chi connectivity index (χ0n) is 16.0. The molecule has 0 atom stereocenters. The van der Waals surface area contributed by atoms with E-state index in [0.29, 0.717) is 5.92 Å². The molecule has 5 nitrogen and oxygen atoms in total. The van der Waals surface area contributed by atoms with Crippen LogP contribution in [0.3, 0.4) is 0 Å². The summed E-state index contributed by atoms with van der Waals surface area (Å²) in [6.45, 7) is 2.64. The van der Waals surface area contributed by atoms with Crippen molar-refractivity contribution < 1.29 is 9.84 Å². The van der Waals surface area contributed by atoms with Crippen molar-refractivity contribution in [2.45, 2.75) is 31.9 Å². The lowest BCUT2D eigenvalue weighted by Gasteiger charge is -2.26. The summed E-state index contributed by atoms with van der Waals surface area (Å²) in [5.41, 5.74) is 6.77. The second kappa shape index (κ2) is 7.80. The first-order valence-corrected chi connectivity index (χ1v) is 9.58. The highest BCUT2D eigenvalue weighted by Crippen LogP contribution is 2.33. The number of benzene rings is 1. The molecule has 0 unspecified atom stereocenters. The molecule has 1 aliphatic rings. The Morgan fingerprint density at radius 1 is 1.15 bits per heavy atom. The maximum absolute atomic E-state index is 9.55. The zero-order valence-corrected chi connectivity index (χ0v) is 16.0. The van der Waals surface area contributed by atoms with Crippen LogP contribution in [0.2, 0.25) is 0 Å². The van der Waals surface area contributed by atoms with E-state index in [1.54, 1.807) is 0 Å². The number of nitrogens with zero attached hydrogens (tertiary/aromatic N) is 2. The largest absolute Gasteiger partial charge is 0.392 e. The summed E-state index contributed by atoms with van der Waals surface area (Å²) in [5, 5.41) is 10.5. The van der Waals surface area contributed by atoms with Crippen LogP contribution in [0.5, 0.6) is 0 Å². The van der Waals surface area contributed by atoms with Crippen molar-refractivity contribution in [3.8, 4) is 11.1 Å². The molecular formula is C22H27N3O2. The highest BCUT2D eigenvalue weighted by Gasteiger charge is 2.20. The van der Waals surface area contributed by atoms with Gasteiger partial charge in [-0.05, 0) is 61.7 Å². The molecule has 0 aliphatic carbocycles. The van der Waals surface area contributed by atoms with Crippen molar-refractivity contribution in [1.29, 1.82) is 0 Å². The predicted octanol–water partition coefficient (Wildman–Crippen LogP) is 3.68. The number of nitrogens with one attached hydrogen (secondary N) is 1. The lowest BCUT2D eigenvalue weighted by Crippen LogP contribution is -2.18. The van der Waals surface area contributed by atoms with Crippen molar-refractivity contribution >= 4 is 11.0 Å². The molecule has 1 saturated heterocycles. The van der Waals surface area contributed by atoms with Gasteiger partial charge >= 0.3 is 0 Å². The molecule has 3 aromatic rings. The van der Waals surface area contributed by atoms with E-state index in [1.165, 1.54) is 16.7 Å². The average Bonchev–Trinajstić information content (AvgIpc) is 3.10. The fourth-order valence-electron chi connectivity index (χ4n) is 4.02. The Morgan fingerprint density at radius 2 is 1.96 bits per heavy atom. The van der Waals surface area contributed by atoms with Crippen molar-refractivity contribution in [2.24, 2.45) is 0 Å². The van der Waals surface area contributed by atoms with Gasteiger partial charge in [0.05, 0.1) is 6.61 Å². The Labute approximate surface area is 160 Å². The van der Waals surface area contributed by atoms with Gasteiger partial charge in [0.1, 0.15) is 5.65 Å². The van der Waals surface area contributed by atoms with Crippen LogP contribution >= 0.6 is 0 Å². The number of hydrogen-bond donors (Lipinski definition) is 2. The number of H-pyrrole nitrogens is 1. The van der Waals surface area contributed by atoms with E-state index in [9.17, 15) is 5.11 Å². The summed E-state index contributed by atoms with van der Waals surface area (Å²) in [4.78, 5) is 9.87. The maximum Gasteiger partial charge on any atom is 0.137 e. The van der Waals surface area contributed by atoms with E-state index in [0.717, 1.165) is 54.8 Å². The number of aromatic nitrogens is 2. The van der Waals surface area contributed by atoms with Crippen molar-refractivity contribution in [2.75, 3.05) is 27.3 Å². The summed E-state index contributed by atoms with van der Waals surface area (Å²) in [7, 11) is 4.22. The molecule has 27 heavy (non-hydrogen) atoms. The molecule has 4 rings (SSSR count). The minimum atomic E-state index is 0.0136. The van der Waals surface area contributed by atoms with Crippen LogP contribution in [-0.2, 0) is 17.9 Å². The standard InChI is InChI=1S/C22H27N3O2/c1-25(2)13-18-9-16(3-4-20(18)15-5-7-27-8-6-15)17-10-21-19(14-26)12-24-22(21)23-11-17/h3-4,9-12,15,26H,5-8,13-14H2,1-2H3,(H,23,24). The molecule has 2 aromatic heterocycles. The number of hydrogen-bond acceptors (Lipinski definition) is 4. The number of fused-ring (bicyclic) bond motifs is 1. The lowest BCUT2D eigenvalue weighted by molar-refractivity contribution is 0.0850. The van der Waals surface area contributed by atoms with E-state index in [2.05, 4.69) is 53.2 Å². The van der Waals surface area contributed by atoms with Crippen LogP contribution in [0.4, 0.5) is 0 Å². The second-order valence-electron chi connectivity index (χ2n) is 7.63. The molecule has 2 N–H and O–H groups in total. The van der Waals surface area contributed by atoms with E-state index in [4.69, 9.17) is 4.74 Å². The van der Waals surface area contributed by atoms with Gasteiger partial charge in [0.15, 0.2) is 0 Å². The topological polar surface area (TPSA) is 61.4 Å². The first kappa shape index (κ1) is 18.2. The number of rotatable bonds is 5. The smallest absolute Gasteiger partial charge is 0.137 e. The number of aliphatic hydroxyl groups is 1. The number of aliphatic hydroxyl groups excluding tert-OH is 1. The van der Waals surface area contributed by atoms with Gasteiger partial charge < -0.3 is 19.7 Å². The van der Waals surface area contributed by atoms with E-state index in [-0.39, 0.29) is 6.61 Å². The zero-order chi connectivity index (χ0) is 18.8. The Kier molecular flexibility index (Phi) is 5.25. The molecule has 0 bridgehead atoms. The first-order valence-electron chi connectivity index (χ1n) is 9.58. The van der Waals surface area contributed by atoms with Gasteiger partial charge in [-0.2, -0.15) is 0 Å². The van der Waals surface area contributed by atoms with Gasteiger partial charge in [-0.1, -0.05) is 12.1 Å². The Bertz CT molecular complexity index is 926. The predicted molar refractivity (Wildman–Crippen MR) is 108 cm³/mol. The van der Waals surface area contributed by atoms with Crippen LogP contribution in [0, 0.1) is 0 Å². The molecule has 1 aliphatic heterocycles. The number of aromatic amines is 1. The highest BCUT2D eigenvalue weighted by atomic mass is 16.5. The normalized spacial score (nSPS) is 15.7. The molecular weight excluding hydrogens is 338 g/mol. The quantitative estimate of drug-likeness (QED) is 0.724. The fourth-order valence-corrected chi connectivity index (χ4v) is 4.02. The van der Waals surface area contributed by atoms with Gasteiger partial charge in [0.2, 0.25) is 0 Å². The molecule has 5 heteroatoms. The van der Waals surface area contributed by atoms with Crippen molar-refractivity contribution in [3.05, 3.63) is 53.3 Å². The third-order valence-corrected chi connectivity index (χ3v) is 5.41. The third-order valence-electron chi connectivity index (χ3n) is 5.41. The van der Waals surface area contributed by atoms with Crippen LogP contribution < -0.4 is 0 Å². The first-order chi connectivity index (χ1) is 13.2. The number of pyridine rings is 1. The Morgan fingerprint density at radius 3 is 2.70 bits per heavy atom. The van der Waals surface area contributed by atoms with Crippen LogP contribution in [0.15, 0.2) is 36.7 Å². The van der Waals surface area contributed by atoms with Crippen LogP contribution in [0.1, 0.15) is 35.4 Å². The van der Waals surface area contributed by atoms with E-state index in [1.807, 2.05) is 12.4 Å². The van der Waals surface area contributed by atoms with Gasteiger partial charge in [-0.3, -0.25) is 0 Å². The molecule has 0 amide bonds. The summed E-state index contributed by atoms with van der Waals surface area (Å²) < 4.78 is 5.55. The van der Waals surface area contributed by atoms with E-state index < -0.39 is 0 Å². The SMILES string of the molecule is CN(C)Cc1cc(-c2cnc3[nH]cc(CO)c3c2)ccc1C1CCOCC1. The van der Waals surface area contributed by atoms with Crippen molar-refractivity contribution in [1.82, 2.24) is 14.9 Å². The highest BCUT2D eigenvalue weighted by molar-refractivity contribution is 5.84. The van der Waals surface area contributed by atoms with Gasteiger partial charge in [-0.15, -0.1) is 0 Å². The average molecular weight is 365 g/mol. The molecule has 1 fully saturated rings. The summed E-state index contributed by atoms with van der Waals surface area (Å²) in [6, 6.07) is 8.92. The minimum Gasteiger partial charge on any atom is -0.392 e. The van der Waals surface area contributed by atoms with Gasteiger partial charge in [0.25, 0.3) is 0 Å². The molecule has 1 aromatic carbocycles. The second-order valence-corrected chi connectivity index (χ2v) is 7.63. The monoisotopic (exact) mass is 365 g/mol. The minimum absolute atomic E-state index is 0.0136. The summed E-state index contributed by atoms with van der Waals surface area (Å²) in [6.07, 6.45) is 5.92. The van der Waals surface area contributed by atoms with Crippen LogP contribution in [-0.4, -0.2) is 47.3 Å². The molecule has 142 valence electrons. The maximum atomic E-state index is 9.55. The lowest BCUT2D eigenvalue weighted by atomic mass is 9.86. The van der Waals surface area contributed by atoms with Crippen molar-refractivity contribution in [3.63, 3.8) is 0 Å². The number of ether oxygens (including phenoxy) is 1. The third kappa shape index (κ3) is 3.76. The molecule has 3 heterocycles. The van der Waals surface area contributed by atoms with Crippen LogP contribution in [0.25, 0.3) is 22.2 Å². The molecule has 0 radical (unpaired) electrons. The molecule has 0 spiro atoms. The van der Waals surface area contributed by atoms with Gasteiger partial charge in [-0.25, -0.2) is 4.98 Å². The van der Waals surface area contributed by atoms with E-state index >= 15 is 0 Å². The molecule has 0 saturated carbocycles.